The van der Waals surface area contributed by atoms with Crippen molar-refractivity contribution in [3.63, 3.8) is 0 Å². The van der Waals surface area contributed by atoms with E-state index >= 15 is 0 Å². The Hall–Kier alpha value is -0.870. The van der Waals surface area contributed by atoms with Crippen LogP contribution in [0.5, 0.6) is 0 Å². The molecule has 0 amide bonds. The first-order chi connectivity index (χ1) is 7.19. The van der Waals surface area contributed by atoms with Crippen molar-refractivity contribution in [1.29, 1.82) is 0 Å². The second-order valence-electron chi connectivity index (χ2n) is 2.66. The van der Waals surface area contributed by atoms with Crippen molar-refractivity contribution in [1.82, 2.24) is 4.72 Å². The van der Waals surface area contributed by atoms with Crippen LogP contribution >= 0.6 is 11.9 Å². The number of nitrogens with one attached hydrogen (secondary N) is 1. The predicted octanol–water partition coefficient (Wildman–Crippen LogP) is 2.84. The molecule has 1 N–H and O–H groups in total. The van der Waals surface area contributed by atoms with E-state index < -0.39 is 0 Å². The Balaban J connectivity index is 4.60. The molecule has 0 aliphatic carbocycles. The lowest BCUT2D eigenvalue weighted by atomic mass is 10.3. The van der Waals surface area contributed by atoms with Gasteiger partial charge in [0.05, 0.1) is 14.2 Å². The van der Waals surface area contributed by atoms with Crippen LogP contribution in [0, 0.1) is 0 Å². The van der Waals surface area contributed by atoms with Crippen LogP contribution in [0.3, 0.4) is 0 Å². The molecule has 0 aromatic rings. The molecule has 4 heteroatoms. The maximum Gasteiger partial charge on any atom is 0.160 e. The van der Waals surface area contributed by atoms with Crippen molar-refractivity contribution < 1.29 is 9.47 Å². The minimum absolute atomic E-state index is 0.527. The molecule has 0 aromatic carbocycles. The van der Waals surface area contributed by atoms with Crippen LogP contribution in [0.4, 0.5) is 0 Å². The quantitative estimate of drug-likeness (QED) is 0.413. The fourth-order valence-electron chi connectivity index (χ4n) is 0.899. The van der Waals surface area contributed by atoms with Gasteiger partial charge < -0.3 is 9.47 Å². The SMILES string of the molecule is C=C(OC)/C(=C\C=C(/CC)SNC)OC. The van der Waals surface area contributed by atoms with Gasteiger partial charge in [0.15, 0.2) is 11.5 Å². The topological polar surface area (TPSA) is 30.5 Å². The standard InChI is InChI=1S/C11H19NO2S/c1-6-10(15-12-3)7-8-11(14-5)9(2)13-4/h7-8,12H,2,6H2,1,3-5H3/b10-7+,11-8+. The van der Waals surface area contributed by atoms with E-state index in [1.165, 1.54) is 4.91 Å². The largest absolute Gasteiger partial charge is 0.494 e. The van der Waals surface area contributed by atoms with Crippen molar-refractivity contribution in [3.05, 3.63) is 35.2 Å². The lowest BCUT2D eigenvalue weighted by Crippen LogP contribution is -1.94. The zero-order chi connectivity index (χ0) is 11.7. The first-order valence-corrected chi connectivity index (χ1v) is 5.52. The number of methoxy groups -OCH3 is 2. The van der Waals surface area contributed by atoms with Crippen molar-refractivity contribution in [2.75, 3.05) is 21.3 Å². The van der Waals surface area contributed by atoms with Gasteiger partial charge in [-0.3, -0.25) is 4.72 Å². The van der Waals surface area contributed by atoms with E-state index in [0.717, 1.165) is 6.42 Å². The van der Waals surface area contributed by atoms with E-state index in [9.17, 15) is 0 Å². The number of ether oxygens (including phenoxy) is 2. The third kappa shape index (κ3) is 5.54. The van der Waals surface area contributed by atoms with E-state index in [1.54, 1.807) is 26.2 Å². The molecule has 0 atom stereocenters. The lowest BCUT2D eigenvalue weighted by molar-refractivity contribution is 0.221. The predicted molar refractivity (Wildman–Crippen MR) is 66.3 cm³/mol. The molecule has 0 fully saturated rings. The first-order valence-electron chi connectivity index (χ1n) is 4.71. The highest BCUT2D eigenvalue weighted by Crippen LogP contribution is 2.16. The molecule has 0 saturated heterocycles. The van der Waals surface area contributed by atoms with E-state index in [-0.39, 0.29) is 0 Å². The second kappa shape index (κ2) is 8.44. The second-order valence-corrected chi connectivity index (χ2v) is 3.79. The third-order valence-electron chi connectivity index (χ3n) is 1.74. The fourth-order valence-corrected chi connectivity index (χ4v) is 1.44. The van der Waals surface area contributed by atoms with Crippen molar-refractivity contribution >= 4 is 11.9 Å². The molecule has 0 rings (SSSR count). The maximum atomic E-state index is 5.14. The Morgan fingerprint density at radius 1 is 1.33 bits per heavy atom. The molecule has 0 aromatic heterocycles. The van der Waals surface area contributed by atoms with Gasteiger partial charge >= 0.3 is 0 Å². The monoisotopic (exact) mass is 229 g/mol. The maximum absolute atomic E-state index is 5.14. The van der Waals surface area contributed by atoms with Gasteiger partial charge in [0, 0.05) is 4.91 Å². The van der Waals surface area contributed by atoms with Crippen LogP contribution in [0.25, 0.3) is 0 Å². The Bertz CT molecular complexity index is 259. The lowest BCUT2D eigenvalue weighted by Gasteiger charge is -2.07. The highest BCUT2D eigenvalue weighted by atomic mass is 32.2. The average molecular weight is 229 g/mol. The van der Waals surface area contributed by atoms with Crippen LogP contribution in [-0.2, 0) is 9.47 Å². The van der Waals surface area contributed by atoms with Gasteiger partial charge in [-0.15, -0.1) is 0 Å². The van der Waals surface area contributed by atoms with Crippen molar-refractivity contribution in [2.45, 2.75) is 13.3 Å². The summed E-state index contributed by atoms with van der Waals surface area (Å²) in [6.07, 6.45) is 4.82. The van der Waals surface area contributed by atoms with Gasteiger partial charge in [0.2, 0.25) is 0 Å². The molecule has 0 saturated carbocycles. The molecule has 0 radical (unpaired) electrons. The van der Waals surface area contributed by atoms with Crippen molar-refractivity contribution in [2.24, 2.45) is 0 Å². The van der Waals surface area contributed by atoms with Gasteiger partial charge in [0.1, 0.15) is 0 Å². The summed E-state index contributed by atoms with van der Waals surface area (Å²) in [5.41, 5.74) is 0. The summed E-state index contributed by atoms with van der Waals surface area (Å²) in [5, 5.41) is 0. The third-order valence-corrected chi connectivity index (χ3v) is 2.63. The minimum Gasteiger partial charge on any atom is -0.494 e. The highest BCUT2D eigenvalue weighted by Gasteiger charge is 2.00. The summed E-state index contributed by atoms with van der Waals surface area (Å²) in [6, 6.07) is 0. The number of hydrogen-bond acceptors (Lipinski definition) is 4. The smallest absolute Gasteiger partial charge is 0.160 e. The molecule has 0 spiro atoms. The van der Waals surface area contributed by atoms with Crippen LogP contribution in [0.2, 0.25) is 0 Å². The molecule has 3 nitrogen and oxygen atoms in total. The molecule has 0 aliphatic heterocycles. The highest BCUT2D eigenvalue weighted by molar-refractivity contribution is 8.01. The summed E-state index contributed by atoms with van der Waals surface area (Å²) in [7, 11) is 5.06. The molecule has 86 valence electrons. The zero-order valence-electron chi connectivity index (χ0n) is 9.79. The van der Waals surface area contributed by atoms with Crippen LogP contribution < -0.4 is 4.72 Å². The van der Waals surface area contributed by atoms with E-state index in [2.05, 4.69) is 18.2 Å². The number of hydrogen-bond donors (Lipinski definition) is 1. The number of allylic oxidation sites excluding steroid dienone is 3. The summed E-state index contributed by atoms with van der Waals surface area (Å²) in [6.45, 7) is 5.83. The molecule has 15 heavy (non-hydrogen) atoms. The Kier molecular flexibility index (Phi) is 7.95. The summed E-state index contributed by atoms with van der Waals surface area (Å²) < 4.78 is 13.2. The van der Waals surface area contributed by atoms with Gasteiger partial charge in [-0.25, -0.2) is 0 Å². The Morgan fingerprint density at radius 2 is 2.00 bits per heavy atom. The fraction of sp³-hybridized carbons (Fsp3) is 0.455. The van der Waals surface area contributed by atoms with Gasteiger partial charge in [-0.1, -0.05) is 13.5 Å². The van der Waals surface area contributed by atoms with Crippen molar-refractivity contribution in [3.8, 4) is 0 Å². The normalized spacial score (nSPS) is 12.5. The molecule has 0 heterocycles. The van der Waals surface area contributed by atoms with E-state index in [4.69, 9.17) is 9.47 Å². The number of rotatable bonds is 7. The van der Waals surface area contributed by atoms with Gasteiger partial charge in [-0.2, -0.15) is 0 Å². The molecule has 0 bridgehead atoms. The molecule has 0 unspecified atom stereocenters. The first kappa shape index (κ1) is 14.1. The summed E-state index contributed by atoms with van der Waals surface area (Å²) in [4.78, 5) is 1.22. The Labute approximate surface area is 96.4 Å². The van der Waals surface area contributed by atoms with E-state index in [0.29, 0.717) is 11.5 Å². The summed E-state index contributed by atoms with van der Waals surface area (Å²) >= 11 is 1.59. The Morgan fingerprint density at radius 3 is 2.40 bits per heavy atom. The van der Waals surface area contributed by atoms with Crippen LogP contribution in [-0.4, -0.2) is 21.3 Å². The molecular weight excluding hydrogens is 210 g/mol. The van der Waals surface area contributed by atoms with Crippen LogP contribution in [0.15, 0.2) is 35.2 Å². The average Bonchev–Trinajstić information content (AvgIpc) is 2.27. The minimum atomic E-state index is 0.527. The van der Waals surface area contributed by atoms with Gasteiger partial charge in [-0.05, 0) is 37.6 Å². The molecule has 0 aliphatic rings. The summed E-state index contributed by atoms with van der Waals surface area (Å²) in [5.74, 6) is 1.17. The van der Waals surface area contributed by atoms with Gasteiger partial charge in [0.25, 0.3) is 0 Å². The zero-order valence-corrected chi connectivity index (χ0v) is 10.6. The van der Waals surface area contributed by atoms with E-state index in [1.807, 2.05) is 19.2 Å². The molecular formula is C11H19NO2S. The van der Waals surface area contributed by atoms with Crippen LogP contribution in [0.1, 0.15) is 13.3 Å².